The molecule has 1 aliphatic rings. The van der Waals surface area contributed by atoms with Gasteiger partial charge in [0.05, 0.1) is 6.54 Å². The molecule has 2 amide bonds. The van der Waals surface area contributed by atoms with Gasteiger partial charge in [-0.15, -0.1) is 0 Å². The van der Waals surface area contributed by atoms with Crippen molar-refractivity contribution in [3.8, 4) is 0 Å². The van der Waals surface area contributed by atoms with E-state index in [1.54, 1.807) is 9.80 Å². The Bertz CT molecular complexity index is 502. The second-order valence-electron chi connectivity index (χ2n) is 5.18. The number of benzene rings is 1. The Morgan fingerprint density at radius 2 is 2.20 bits per heavy atom. The van der Waals surface area contributed by atoms with Gasteiger partial charge in [-0.25, -0.2) is 0 Å². The van der Waals surface area contributed by atoms with E-state index in [1.807, 2.05) is 36.5 Å². The van der Waals surface area contributed by atoms with Gasteiger partial charge in [-0.3, -0.25) is 14.5 Å². The van der Waals surface area contributed by atoms with Crippen LogP contribution in [-0.2, 0) is 9.59 Å². The minimum absolute atomic E-state index is 0.0144. The number of nitrogens with zero attached hydrogens (tertiary/aromatic N) is 2. The van der Waals surface area contributed by atoms with Crippen LogP contribution in [0.15, 0.2) is 24.3 Å². The molecular formula is C15H22N3O2+. The van der Waals surface area contributed by atoms with Crippen molar-refractivity contribution in [2.45, 2.75) is 20.3 Å². The van der Waals surface area contributed by atoms with Crippen LogP contribution in [0.3, 0.4) is 0 Å². The number of carbonyl (C=O) groups is 2. The van der Waals surface area contributed by atoms with Crippen LogP contribution in [-0.4, -0.2) is 43.0 Å². The molecule has 20 heavy (non-hydrogen) atoms. The molecule has 0 atom stereocenters. The fourth-order valence-corrected chi connectivity index (χ4v) is 2.30. The third-order valence-corrected chi connectivity index (χ3v) is 3.42. The number of hydrogen-bond donors (Lipinski definition) is 1. The molecule has 0 saturated carbocycles. The van der Waals surface area contributed by atoms with E-state index in [-0.39, 0.29) is 18.4 Å². The number of aryl methyl sites for hydroxylation is 1. The van der Waals surface area contributed by atoms with Crippen molar-refractivity contribution in [2.24, 2.45) is 0 Å². The first-order chi connectivity index (χ1) is 9.61. The van der Waals surface area contributed by atoms with Gasteiger partial charge in [-0.05, 0) is 31.0 Å². The van der Waals surface area contributed by atoms with Crippen LogP contribution in [0.5, 0.6) is 0 Å². The van der Waals surface area contributed by atoms with Crippen molar-refractivity contribution < 1.29 is 14.9 Å². The Morgan fingerprint density at radius 3 is 2.90 bits per heavy atom. The summed E-state index contributed by atoms with van der Waals surface area (Å²) in [4.78, 5) is 27.4. The highest BCUT2D eigenvalue weighted by Crippen LogP contribution is 2.20. The van der Waals surface area contributed by atoms with Crippen molar-refractivity contribution in [1.29, 1.82) is 0 Å². The molecule has 0 bridgehead atoms. The summed E-state index contributed by atoms with van der Waals surface area (Å²) >= 11 is 0. The van der Waals surface area contributed by atoms with Crippen LogP contribution in [0.4, 0.5) is 5.69 Å². The highest BCUT2D eigenvalue weighted by atomic mass is 16.2. The van der Waals surface area contributed by atoms with Crippen LogP contribution >= 0.6 is 0 Å². The molecule has 5 nitrogen and oxygen atoms in total. The Morgan fingerprint density at radius 1 is 1.40 bits per heavy atom. The number of rotatable bonds is 5. The number of quaternary nitrogens is 1. The molecule has 0 spiro atoms. The molecule has 1 aromatic rings. The van der Waals surface area contributed by atoms with Gasteiger partial charge in [0, 0.05) is 5.69 Å². The van der Waals surface area contributed by atoms with Gasteiger partial charge in [0.2, 0.25) is 5.91 Å². The van der Waals surface area contributed by atoms with E-state index in [0.29, 0.717) is 13.2 Å². The van der Waals surface area contributed by atoms with Gasteiger partial charge < -0.3 is 10.2 Å². The van der Waals surface area contributed by atoms with Gasteiger partial charge in [-0.2, -0.15) is 0 Å². The van der Waals surface area contributed by atoms with Crippen molar-refractivity contribution in [1.82, 2.24) is 4.90 Å². The molecule has 1 aromatic carbocycles. The molecule has 1 saturated heterocycles. The average Bonchev–Trinajstić information content (AvgIpc) is 2.81. The maximum atomic E-state index is 12.1. The molecule has 2 N–H and O–H groups in total. The Kier molecular flexibility index (Phi) is 4.74. The highest BCUT2D eigenvalue weighted by Gasteiger charge is 2.32. The van der Waals surface area contributed by atoms with Crippen LogP contribution in [0.2, 0.25) is 0 Å². The van der Waals surface area contributed by atoms with Crippen LogP contribution < -0.4 is 10.2 Å². The standard InChI is InChI=1S/C15H21N3O2/c1-3-7-16-9-14(19)17-10-15(20)18(11-17)13-6-4-5-12(2)8-13/h4-6,8,16H,3,7,9-11H2,1-2H3/p+1. The second kappa shape index (κ2) is 6.52. The van der Waals surface area contributed by atoms with Crippen molar-refractivity contribution >= 4 is 17.5 Å². The summed E-state index contributed by atoms with van der Waals surface area (Å²) in [5.74, 6) is 0.0152. The lowest BCUT2D eigenvalue weighted by Gasteiger charge is -2.18. The highest BCUT2D eigenvalue weighted by molar-refractivity contribution is 6.00. The number of hydrogen-bond acceptors (Lipinski definition) is 2. The first-order valence-corrected chi connectivity index (χ1v) is 7.08. The molecular weight excluding hydrogens is 254 g/mol. The summed E-state index contributed by atoms with van der Waals surface area (Å²) in [6.45, 7) is 5.98. The third-order valence-electron chi connectivity index (χ3n) is 3.42. The summed E-state index contributed by atoms with van der Waals surface area (Å²) in [6, 6.07) is 7.79. The molecule has 0 unspecified atom stereocenters. The van der Waals surface area contributed by atoms with E-state index in [9.17, 15) is 9.59 Å². The van der Waals surface area contributed by atoms with E-state index >= 15 is 0 Å². The summed E-state index contributed by atoms with van der Waals surface area (Å²) in [7, 11) is 0. The topological polar surface area (TPSA) is 57.2 Å². The Hall–Kier alpha value is -1.88. The lowest BCUT2D eigenvalue weighted by Crippen LogP contribution is -2.86. The zero-order valence-corrected chi connectivity index (χ0v) is 12.1. The van der Waals surface area contributed by atoms with Gasteiger partial charge in [0.25, 0.3) is 5.91 Å². The van der Waals surface area contributed by atoms with Crippen molar-refractivity contribution in [2.75, 3.05) is 31.2 Å². The summed E-state index contributed by atoms with van der Waals surface area (Å²) in [5.41, 5.74) is 1.97. The molecule has 1 heterocycles. The quantitative estimate of drug-likeness (QED) is 0.776. The van der Waals surface area contributed by atoms with Gasteiger partial charge >= 0.3 is 0 Å². The Labute approximate surface area is 119 Å². The summed E-state index contributed by atoms with van der Waals surface area (Å²) in [6.07, 6.45) is 1.04. The average molecular weight is 276 g/mol. The monoisotopic (exact) mass is 276 g/mol. The van der Waals surface area contributed by atoms with E-state index < -0.39 is 0 Å². The summed E-state index contributed by atoms with van der Waals surface area (Å²) < 4.78 is 0. The van der Waals surface area contributed by atoms with Crippen LogP contribution in [0, 0.1) is 6.92 Å². The van der Waals surface area contributed by atoms with Crippen LogP contribution in [0.25, 0.3) is 0 Å². The number of nitrogens with two attached hydrogens (primary N) is 1. The first-order valence-electron chi connectivity index (χ1n) is 7.08. The summed E-state index contributed by atoms with van der Waals surface area (Å²) in [5, 5.41) is 1.99. The Balaban J connectivity index is 1.98. The lowest BCUT2D eigenvalue weighted by molar-refractivity contribution is -0.644. The van der Waals surface area contributed by atoms with Gasteiger partial charge in [0.15, 0.2) is 6.54 Å². The van der Waals surface area contributed by atoms with Crippen molar-refractivity contribution in [3.63, 3.8) is 0 Å². The number of carbonyl (C=O) groups excluding carboxylic acids is 2. The minimum Gasteiger partial charge on any atom is -0.338 e. The number of anilines is 1. The molecule has 0 aliphatic carbocycles. The first kappa shape index (κ1) is 14.5. The predicted molar refractivity (Wildman–Crippen MR) is 77.2 cm³/mol. The largest absolute Gasteiger partial charge is 0.338 e. The van der Waals surface area contributed by atoms with E-state index in [0.717, 1.165) is 24.2 Å². The van der Waals surface area contributed by atoms with Crippen molar-refractivity contribution in [3.05, 3.63) is 29.8 Å². The zero-order valence-electron chi connectivity index (χ0n) is 12.1. The van der Waals surface area contributed by atoms with E-state index in [2.05, 4.69) is 6.92 Å². The fraction of sp³-hybridized carbons (Fsp3) is 0.467. The maximum absolute atomic E-state index is 12.1. The SMILES string of the molecule is CCC[NH2+]CC(=O)N1CC(=O)N(c2cccc(C)c2)C1. The molecule has 1 aliphatic heterocycles. The van der Waals surface area contributed by atoms with Gasteiger partial charge in [0.1, 0.15) is 13.2 Å². The lowest BCUT2D eigenvalue weighted by atomic mass is 10.2. The predicted octanol–water partition coefficient (Wildman–Crippen LogP) is 0.101. The molecule has 108 valence electrons. The smallest absolute Gasteiger partial charge is 0.279 e. The molecule has 0 aromatic heterocycles. The molecule has 2 rings (SSSR count). The second-order valence-corrected chi connectivity index (χ2v) is 5.18. The molecule has 0 radical (unpaired) electrons. The van der Waals surface area contributed by atoms with E-state index in [4.69, 9.17) is 0 Å². The van der Waals surface area contributed by atoms with Gasteiger partial charge in [-0.1, -0.05) is 19.1 Å². The maximum Gasteiger partial charge on any atom is 0.279 e. The number of amides is 2. The third kappa shape index (κ3) is 3.36. The minimum atomic E-state index is -0.0144. The molecule has 5 heteroatoms. The van der Waals surface area contributed by atoms with Crippen LogP contribution in [0.1, 0.15) is 18.9 Å². The molecule has 1 fully saturated rings. The van der Waals surface area contributed by atoms with E-state index in [1.165, 1.54) is 0 Å². The normalized spacial score (nSPS) is 15.0. The fourth-order valence-electron chi connectivity index (χ4n) is 2.30. The zero-order chi connectivity index (χ0) is 14.5.